The topological polar surface area (TPSA) is 75.4 Å². The maximum absolute atomic E-state index is 14.2. The first kappa shape index (κ1) is 20.9. The maximum Gasteiger partial charge on any atom is 0.278 e. The number of aryl methyl sites for hydroxylation is 1. The summed E-state index contributed by atoms with van der Waals surface area (Å²) >= 11 is 0. The third-order valence-corrected chi connectivity index (χ3v) is 5.81. The number of amides is 1. The van der Waals surface area contributed by atoms with E-state index in [0.717, 1.165) is 5.56 Å². The van der Waals surface area contributed by atoms with Gasteiger partial charge in [0.25, 0.3) is 5.91 Å². The molecule has 4 rings (SSSR count). The Morgan fingerprint density at radius 1 is 1.10 bits per heavy atom. The van der Waals surface area contributed by atoms with Gasteiger partial charge in [0.05, 0.1) is 6.10 Å². The Balaban J connectivity index is 1.52. The van der Waals surface area contributed by atoms with Crippen molar-refractivity contribution in [2.24, 2.45) is 5.92 Å². The van der Waals surface area contributed by atoms with Gasteiger partial charge < -0.3 is 10.0 Å². The predicted molar refractivity (Wildman–Crippen MR) is 115 cm³/mol. The molecule has 0 aliphatic carbocycles. The normalized spacial score (nSPS) is 15.6. The van der Waals surface area contributed by atoms with Gasteiger partial charge in [-0.2, -0.15) is 5.10 Å². The van der Waals surface area contributed by atoms with E-state index in [1.807, 2.05) is 30.3 Å². The lowest BCUT2D eigenvalue weighted by atomic mass is 9.87. The van der Waals surface area contributed by atoms with Crippen LogP contribution in [0, 0.1) is 18.7 Å². The molecule has 1 aromatic heterocycles. The number of hydrogen-bond donors (Lipinski definition) is 1. The van der Waals surface area contributed by atoms with Crippen molar-refractivity contribution >= 4 is 5.91 Å². The summed E-state index contributed by atoms with van der Waals surface area (Å²) in [7, 11) is 0. The van der Waals surface area contributed by atoms with Crippen LogP contribution in [-0.2, 0) is 0 Å². The van der Waals surface area contributed by atoms with E-state index < -0.39 is 23.3 Å². The van der Waals surface area contributed by atoms with Crippen LogP contribution in [0.4, 0.5) is 4.39 Å². The molecule has 1 aliphatic heterocycles. The summed E-state index contributed by atoms with van der Waals surface area (Å²) < 4.78 is 15.5. The number of halogens is 1. The lowest BCUT2D eigenvalue weighted by Crippen LogP contribution is -2.42. The number of aliphatic hydroxyl groups is 1. The van der Waals surface area contributed by atoms with Crippen molar-refractivity contribution in [1.82, 2.24) is 14.7 Å². The lowest BCUT2D eigenvalue weighted by Gasteiger charge is -2.34. The van der Waals surface area contributed by atoms with E-state index in [2.05, 4.69) is 5.10 Å². The highest BCUT2D eigenvalue weighted by molar-refractivity contribution is 5.92. The average molecular weight is 421 g/mol. The largest absolute Gasteiger partial charge is 0.388 e. The Morgan fingerprint density at radius 3 is 2.42 bits per heavy atom. The van der Waals surface area contributed by atoms with E-state index in [9.17, 15) is 19.1 Å². The molecule has 7 heteroatoms. The van der Waals surface area contributed by atoms with E-state index in [1.165, 1.54) is 16.8 Å². The molecule has 1 N–H and O–H groups in total. The summed E-state index contributed by atoms with van der Waals surface area (Å²) in [5.41, 5.74) is 0.771. The molecule has 31 heavy (non-hydrogen) atoms. The van der Waals surface area contributed by atoms with Crippen LogP contribution in [0.3, 0.4) is 0 Å². The number of aromatic nitrogens is 2. The van der Waals surface area contributed by atoms with Crippen LogP contribution in [0.2, 0.25) is 0 Å². The SMILES string of the molecule is Cc1cc(=O)c(C(=O)N2CCC(C(O)c3ccccc3)CC2)nn1-c1ccccc1F. The summed E-state index contributed by atoms with van der Waals surface area (Å²) in [4.78, 5) is 27.1. The van der Waals surface area contributed by atoms with Gasteiger partial charge in [0.15, 0.2) is 5.69 Å². The standard InChI is InChI=1S/C24H24FN3O3/c1-16-15-21(29)22(26-28(16)20-10-6-5-9-19(20)25)24(31)27-13-11-18(12-14-27)23(30)17-7-3-2-4-8-17/h2-10,15,18,23,30H,11-14H2,1H3. The van der Waals surface area contributed by atoms with Crippen molar-refractivity contribution in [2.45, 2.75) is 25.9 Å². The molecule has 6 nitrogen and oxygen atoms in total. The molecule has 0 saturated carbocycles. The van der Waals surface area contributed by atoms with Gasteiger partial charge in [-0.1, -0.05) is 42.5 Å². The van der Waals surface area contributed by atoms with Gasteiger partial charge in [0, 0.05) is 24.8 Å². The van der Waals surface area contributed by atoms with Crippen LogP contribution in [0.5, 0.6) is 0 Å². The predicted octanol–water partition coefficient (Wildman–Crippen LogP) is 3.27. The number of aliphatic hydroxyl groups excluding tert-OH is 1. The lowest BCUT2D eigenvalue weighted by molar-refractivity contribution is 0.0456. The van der Waals surface area contributed by atoms with Crippen molar-refractivity contribution in [1.29, 1.82) is 0 Å². The number of nitrogens with zero attached hydrogens (tertiary/aromatic N) is 3. The van der Waals surface area contributed by atoms with Crippen molar-refractivity contribution in [3.8, 4) is 5.69 Å². The Hall–Kier alpha value is -3.32. The number of hydrogen-bond acceptors (Lipinski definition) is 4. The first-order chi connectivity index (χ1) is 15.0. The minimum atomic E-state index is -0.589. The van der Waals surface area contributed by atoms with E-state index in [1.54, 1.807) is 30.0 Å². The van der Waals surface area contributed by atoms with Crippen LogP contribution in [0.25, 0.3) is 5.69 Å². The van der Waals surface area contributed by atoms with Gasteiger partial charge in [-0.25, -0.2) is 9.07 Å². The molecule has 2 heterocycles. The Labute approximate surface area is 179 Å². The molecule has 160 valence electrons. The van der Waals surface area contributed by atoms with E-state index in [-0.39, 0.29) is 17.3 Å². The molecule has 1 saturated heterocycles. The Kier molecular flexibility index (Phi) is 5.95. The van der Waals surface area contributed by atoms with Gasteiger partial charge in [0.2, 0.25) is 5.43 Å². The molecule has 1 aliphatic rings. The van der Waals surface area contributed by atoms with E-state index in [0.29, 0.717) is 31.6 Å². The fourth-order valence-corrected chi connectivity index (χ4v) is 4.05. The zero-order chi connectivity index (χ0) is 22.0. The minimum absolute atomic E-state index is 0.0347. The average Bonchev–Trinajstić information content (AvgIpc) is 2.80. The van der Waals surface area contributed by atoms with Crippen LogP contribution in [0.15, 0.2) is 65.5 Å². The molecular weight excluding hydrogens is 397 g/mol. The summed E-state index contributed by atoms with van der Waals surface area (Å²) in [6.45, 7) is 2.48. The molecule has 1 atom stereocenters. The number of rotatable bonds is 4. The third-order valence-electron chi connectivity index (χ3n) is 5.81. The monoisotopic (exact) mass is 421 g/mol. The van der Waals surface area contributed by atoms with Gasteiger partial charge in [-0.15, -0.1) is 0 Å². The molecule has 1 fully saturated rings. The van der Waals surface area contributed by atoms with Crippen molar-refractivity contribution in [2.75, 3.05) is 13.1 Å². The maximum atomic E-state index is 14.2. The van der Waals surface area contributed by atoms with Crippen molar-refractivity contribution < 1.29 is 14.3 Å². The highest BCUT2D eigenvalue weighted by Crippen LogP contribution is 2.30. The van der Waals surface area contributed by atoms with Crippen LogP contribution < -0.4 is 5.43 Å². The zero-order valence-corrected chi connectivity index (χ0v) is 17.2. The number of para-hydroxylation sites is 1. The minimum Gasteiger partial charge on any atom is -0.388 e. The zero-order valence-electron chi connectivity index (χ0n) is 17.2. The van der Waals surface area contributed by atoms with Crippen LogP contribution >= 0.6 is 0 Å². The summed E-state index contributed by atoms with van der Waals surface area (Å²) in [5.74, 6) is -0.925. The second-order valence-corrected chi connectivity index (χ2v) is 7.85. The fourth-order valence-electron chi connectivity index (χ4n) is 4.05. The molecule has 3 aromatic rings. The second kappa shape index (κ2) is 8.81. The van der Waals surface area contributed by atoms with E-state index in [4.69, 9.17) is 0 Å². The number of piperidine rings is 1. The first-order valence-corrected chi connectivity index (χ1v) is 10.3. The number of carbonyl (C=O) groups is 1. The summed E-state index contributed by atoms with van der Waals surface area (Å²) in [6, 6.07) is 16.9. The molecule has 2 aromatic carbocycles. The highest BCUT2D eigenvalue weighted by Gasteiger charge is 2.30. The smallest absolute Gasteiger partial charge is 0.278 e. The molecule has 0 bridgehead atoms. The number of likely N-dealkylation sites (tertiary alicyclic amines) is 1. The molecular formula is C24H24FN3O3. The summed E-state index contributed by atoms with van der Waals surface area (Å²) in [6.07, 6.45) is 0.652. The number of benzene rings is 2. The second-order valence-electron chi connectivity index (χ2n) is 7.85. The Bertz CT molecular complexity index is 1140. The van der Waals surface area contributed by atoms with Crippen LogP contribution in [-0.4, -0.2) is 38.8 Å². The Morgan fingerprint density at radius 2 is 1.74 bits per heavy atom. The quantitative estimate of drug-likeness (QED) is 0.702. The van der Waals surface area contributed by atoms with Crippen molar-refractivity contribution in [3.63, 3.8) is 0 Å². The first-order valence-electron chi connectivity index (χ1n) is 10.3. The molecule has 1 unspecified atom stereocenters. The van der Waals surface area contributed by atoms with Gasteiger partial charge >= 0.3 is 0 Å². The van der Waals surface area contributed by atoms with Crippen molar-refractivity contribution in [3.05, 3.63) is 93.7 Å². The fraction of sp³-hybridized carbons (Fsp3) is 0.292. The van der Waals surface area contributed by atoms with Crippen LogP contribution in [0.1, 0.15) is 40.7 Å². The van der Waals surface area contributed by atoms with Gasteiger partial charge in [-0.05, 0) is 43.4 Å². The third kappa shape index (κ3) is 4.27. The highest BCUT2D eigenvalue weighted by atomic mass is 19.1. The molecule has 0 radical (unpaired) electrons. The van der Waals surface area contributed by atoms with Gasteiger partial charge in [0.1, 0.15) is 11.5 Å². The number of carbonyl (C=O) groups excluding carboxylic acids is 1. The summed E-state index contributed by atoms with van der Waals surface area (Å²) in [5, 5.41) is 14.8. The molecule has 1 amide bonds. The van der Waals surface area contributed by atoms with E-state index >= 15 is 0 Å². The molecule has 0 spiro atoms. The van der Waals surface area contributed by atoms with Gasteiger partial charge in [-0.3, -0.25) is 9.59 Å².